The van der Waals surface area contributed by atoms with Crippen LogP contribution >= 0.6 is 0 Å². The second kappa shape index (κ2) is 12.9. The lowest BCUT2D eigenvalue weighted by Gasteiger charge is -2.32. The number of nitrogens with zero attached hydrogens (tertiary/aromatic N) is 4. The zero-order valence-corrected chi connectivity index (χ0v) is 26.6. The van der Waals surface area contributed by atoms with Gasteiger partial charge in [-0.15, -0.1) is 0 Å². The summed E-state index contributed by atoms with van der Waals surface area (Å²) >= 11 is 0. The summed E-state index contributed by atoms with van der Waals surface area (Å²) in [5.74, 6) is 5.79. The molecule has 2 saturated carbocycles. The monoisotopic (exact) mass is 622 g/mol. The molecule has 1 atom stereocenters. The third-order valence-corrected chi connectivity index (χ3v) is 10.4. The van der Waals surface area contributed by atoms with Gasteiger partial charge in [-0.25, -0.2) is 14.4 Å². The second-order valence-corrected chi connectivity index (χ2v) is 13.9. The number of aromatic nitrogens is 2. The molecule has 4 aliphatic rings. The van der Waals surface area contributed by atoms with Gasteiger partial charge in [0.2, 0.25) is 5.91 Å². The molecule has 4 fully saturated rings. The lowest BCUT2D eigenvalue weighted by atomic mass is 9.85. The first kappa shape index (κ1) is 30.5. The molecule has 0 radical (unpaired) electrons. The average Bonchev–Trinajstić information content (AvgIpc) is 3.71. The summed E-state index contributed by atoms with van der Waals surface area (Å²) in [6.07, 6.45) is 12.3. The first-order valence-electron chi connectivity index (χ1n) is 16.8. The minimum Gasteiger partial charge on any atom is -0.451 e. The molecule has 8 nitrogen and oxygen atoms in total. The summed E-state index contributed by atoms with van der Waals surface area (Å²) in [7, 11) is 0. The van der Waals surface area contributed by atoms with Gasteiger partial charge in [-0.3, -0.25) is 4.79 Å². The molecule has 3 heterocycles. The number of nitrogens with two attached hydrogens (primary N) is 1. The number of hydrogen-bond donors (Lipinski definition) is 2. The lowest BCUT2D eigenvalue weighted by Crippen LogP contribution is -2.39. The van der Waals surface area contributed by atoms with Crippen molar-refractivity contribution < 1.29 is 13.9 Å². The van der Waals surface area contributed by atoms with E-state index in [9.17, 15) is 9.18 Å². The van der Waals surface area contributed by atoms with Gasteiger partial charge < -0.3 is 25.6 Å². The molecule has 7 rings (SSSR count). The van der Waals surface area contributed by atoms with Crippen molar-refractivity contribution in [3.63, 3.8) is 0 Å². The van der Waals surface area contributed by atoms with Crippen molar-refractivity contribution in [3.05, 3.63) is 65.9 Å². The van der Waals surface area contributed by atoms with E-state index in [4.69, 9.17) is 15.5 Å². The number of ether oxygens (including phenoxy) is 1. The van der Waals surface area contributed by atoms with Gasteiger partial charge in [0.15, 0.2) is 11.6 Å². The van der Waals surface area contributed by atoms with E-state index < -0.39 is 0 Å². The number of nitrogens with one attached hydrogen (secondary N) is 1. The van der Waals surface area contributed by atoms with Crippen LogP contribution in [0, 0.1) is 29.1 Å². The van der Waals surface area contributed by atoms with Crippen LogP contribution < -0.4 is 20.7 Å². The molecule has 2 aliphatic carbocycles. The number of carbonyl (C=O) groups is 1. The van der Waals surface area contributed by atoms with Gasteiger partial charge in [-0.2, -0.15) is 0 Å². The molecule has 2 saturated heterocycles. The molecule has 2 aliphatic heterocycles. The number of rotatable bonds is 8. The number of amides is 1. The highest BCUT2D eigenvalue weighted by atomic mass is 19.1. The number of halogens is 1. The lowest BCUT2D eigenvalue weighted by molar-refractivity contribution is -0.119. The van der Waals surface area contributed by atoms with Gasteiger partial charge in [0, 0.05) is 61.7 Å². The van der Waals surface area contributed by atoms with Crippen molar-refractivity contribution in [2.24, 2.45) is 17.1 Å². The van der Waals surface area contributed by atoms with Crippen molar-refractivity contribution in [2.45, 2.75) is 70.3 Å². The third-order valence-electron chi connectivity index (χ3n) is 10.4. The Hall–Kier alpha value is -4.16. The van der Waals surface area contributed by atoms with Crippen molar-refractivity contribution in [1.29, 1.82) is 0 Å². The van der Waals surface area contributed by atoms with E-state index in [1.807, 2.05) is 12.1 Å². The third kappa shape index (κ3) is 6.68. The molecule has 1 unspecified atom stereocenters. The summed E-state index contributed by atoms with van der Waals surface area (Å²) in [5, 5.41) is 3.10. The van der Waals surface area contributed by atoms with Crippen LogP contribution in [0.5, 0.6) is 11.5 Å². The van der Waals surface area contributed by atoms with E-state index in [1.54, 1.807) is 31.6 Å². The quantitative estimate of drug-likeness (QED) is 0.242. The Kier molecular flexibility index (Phi) is 8.56. The largest absolute Gasteiger partial charge is 0.451 e. The predicted molar refractivity (Wildman–Crippen MR) is 177 cm³/mol. The zero-order chi connectivity index (χ0) is 31.7. The van der Waals surface area contributed by atoms with E-state index in [2.05, 4.69) is 38.1 Å². The Bertz CT molecular complexity index is 1660. The van der Waals surface area contributed by atoms with Crippen molar-refractivity contribution in [2.75, 3.05) is 37.6 Å². The maximum atomic E-state index is 14.7. The summed E-state index contributed by atoms with van der Waals surface area (Å²) < 4.78 is 21.3. The Labute approximate surface area is 270 Å². The minimum absolute atomic E-state index is 0.0814. The van der Waals surface area contributed by atoms with E-state index in [-0.39, 0.29) is 17.1 Å². The smallest absolute Gasteiger partial charge is 0.217 e. The highest BCUT2D eigenvalue weighted by molar-refractivity contribution is 5.76. The highest BCUT2D eigenvalue weighted by Crippen LogP contribution is 2.48. The fourth-order valence-electron chi connectivity index (χ4n) is 8.02. The molecule has 2 aromatic carbocycles. The Morgan fingerprint density at radius 3 is 2.65 bits per heavy atom. The molecule has 240 valence electrons. The van der Waals surface area contributed by atoms with Crippen molar-refractivity contribution in [3.8, 4) is 34.6 Å². The fourth-order valence-corrected chi connectivity index (χ4v) is 8.02. The molecular formula is C37H43FN6O2. The van der Waals surface area contributed by atoms with Crippen LogP contribution in [-0.4, -0.2) is 59.5 Å². The van der Waals surface area contributed by atoms with Gasteiger partial charge in [-0.1, -0.05) is 6.07 Å². The zero-order valence-electron chi connectivity index (χ0n) is 26.6. The van der Waals surface area contributed by atoms with E-state index >= 15 is 0 Å². The maximum Gasteiger partial charge on any atom is 0.217 e. The van der Waals surface area contributed by atoms with Crippen LogP contribution in [0.4, 0.5) is 10.2 Å². The maximum absolute atomic E-state index is 14.7. The number of benzene rings is 2. The molecule has 3 aromatic rings. The molecule has 1 amide bonds. The van der Waals surface area contributed by atoms with Crippen LogP contribution in [0.25, 0.3) is 11.1 Å². The van der Waals surface area contributed by atoms with Gasteiger partial charge >= 0.3 is 0 Å². The molecule has 0 bridgehead atoms. The van der Waals surface area contributed by atoms with Crippen molar-refractivity contribution in [1.82, 2.24) is 20.2 Å². The summed E-state index contributed by atoms with van der Waals surface area (Å²) in [4.78, 5) is 25.5. The first-order valence-corrected chi connectivity index (χ1v) is 16.8. The fraction of sp³-hybridized carbons (Fsp3) is 0.486. The van der Waals surface area contributed by atoms with E-state index in [0.717, 1.165) is 87.3 Å². The van der Waals surface area contributed by atoms with E-state index in [1.165, 1.54) is 25.3 Å². The Balaban J connectivity index is 1.05. The second-order valence-electron chi connectivity index (χ2n) is 13.9. The van der Waals surface area contributed by atoms with Gasteiger partial charge in [0.1, 0.15) is 17.9 Å². The first-order chi connectivity index (χ1) is 22.4. The SMILES string of the molecule is CC(=O)N[C@H]1CC[C@H](CN2CCC3(CCN(c4ncncc4Oc4ccc(F)cc4-c4ccc(C#CN)cc4C4CC4)C3)C2)CC1. The van der Waals surface area contributed by atoms with E-state index in [0.29, 0.717) is 34.9 Å². The van der Waals surface area contributed by atoms with Gasteiger partial charge in [0.05, 0.1) is 6.20 Å². The summed E-state index contributed by atoms with van der Waals surface area (Å²) in [5.41, 5.74) is 9.39. The van der Waals surface area contributed by atoms with Gasteiger partial charge in [-0.05, 0) is 117 Å². The number of hydrogen-bond acceptors (Lipinski definition) is 7. The van der Waals surface area contributed by atoms with Crippen LogP contribution in [0.2, 0.25) is 0 Å². The minimum atomic E-state index is -0.312. The van der Waals surface area contributed by atoms with Crippen LogP contribution in [0.1, 0.15) is 75.3 Å². The molecular weight excluding hydrogens is 579 g/mol. The normalized spacial score (nSPS) is 24.5. The molecule has 3 N–H and O–H groups in total. The number of anilines is 1. The number of likely N-dealkylation sites (tertiary alicyclic amines) is 1. The van der Waals surface area contributed by atoms with Crippen molar-refractivity contribution >= 4 is 11.7 Å². The van der Waals surface area contributed by atoms with Gasteiger partial charge in [0.25, 0.3) is 0 Å². The molecule has 1 spiro atoms. The predicted octanol–water partition coefficient (Wildman–Crippen LogP) is 5.82. The van der Waals surface area contributed by atoms with Crippen LogP contribution in [0.3, 0.4) is 0 Å². The molecule has 1 aromatic heterocycles. The Morgan fingerprint density at radius 2 is 1.87 bits per heavy atom. The standard InChI is InChI=1S/C37H43FN6O2/c1-25(45)42-30-8-2-27(3-9-30)21-43-16-13-37(22-43)14-17-44(23-37)36-35(20-40-24-41-36)46-34-11-7-29(38)19-33(34)31-10-4-26(12-15-39)18-32(31)28-5-6-28/h4,7,10-11,18-20,24,27-28,30H,2-3,5-6,8-9,13-14,16-17,21-23,39H2,1H3,(H,42,45)/t27-,30-,37?. The highest BCUT2D eigenvalue weighted by Gasteiger charge is 2.44. The average molecular weight is 623 g/mol. The summed E-state index contributed by atoms with van der Waals surface area (Å²) in [6, 6.07) is 13.5. The summed E-state index contributed by atoms with van der Waals surface area (Å²) in [6.45, 7) is 6.83. The number of carbonyl (C=O) groups excluding carboxylic acids is 1. The topological polar surface area (TPSA) is 96.6 Å². The Morgan fingerprint density at radius 1 is 1.04 bits per heavy atom. The van der Waals surface area contributed by atoms with Crippen LogP contribution in [-0.2, 0) is 4.79 Å². The molecule has 46 heavy (non-hydrogen) atoms. The van der Waals surface area contributed by atoms with Crippen LogP contribution in [0.15, 0.2) is 48.9 Å². The molecule has 9 heteroatoms.